The van der Waals surface area contributed by atoms with Gasteiger partial charge in [0.1, 0.15) is 23.7 Å². The van der Waals surface area contributed by atoms with Gasteiger partial charge < -0.3 is 20.1 Å². The third-order valence-electron chi connectivity index (χ3n) is 5.42. The zero-order valence-corrected chi connectivity index (χ0v) is 23.1. The first-order chi connectivity index (χ1) is 16.7. The maximum absolute atomic E-state index is 13.3. The number of nitrogens with one attached hydrogen (secondary N) is 2. The minimum Gasteiger partial charge on any atom is -0.467 e. The first-order valence-corrected chi connectivity index (χ1v) is 12.3. The number of rotatable bonds is 11. The first kappa shape index (κ1) is 30.9. The van der Waals surface area contributed by atoms with Crippen LogP contribution in [0, 0.1) is 11.8 Å². The largest absolute Gasteiger partial charge is 0.467 e. The second-order valence-corrected chi connectivity index (χ2v) is 10.7. The summed E-state index contributed by atoms with van der Waals surface area (Å²) in [6.45, 7) is 12.7. The van der Waals surface area contributed by atoms with Gasteiger partial charge in [-0.05, 0) is 44.6 Å². The third kappa shape index (κ3) is 10.3. The lowest BCUT2D eigenvalue weighted by Crippen LogP contribution is -2.58. The molecule has 36 heavy (non-hydrogen) atoms. The smallest absolute Gasteiger partial charge is 0.410 e. The van der Waals surface area contributed by atoms with Gasteiger partial charge in [0, 0.05) is 13.5 Å². The molecule has 1 rings (SSSR count). The van der Waals surface area contributed by atoms with Gasteiger partial charge in [-0.15, -0.1) is 0 Å². The molecule has 0 aliphatic rings. The van der Waals surface area contributed by atoms with Crippen molar-refractivity contribution < 1.29 is 28.7 Å². The highest BCUT2D eigenvalue weighted by Crippen LogP contribution is 2.16. The molecule has 0 fully saturated rings. The van der Waals surface area contributed by atoms with E-state index in [2.05, 4.69) is 10.6 Å². The quantitative estimate of drug-likeness (QED) is 0.446. The topological polar surface area (TPSA) is 114 Å². The summed E-state index contributed by atoms with van der Waals surface area (Å²) in [6.07, 6.45) is -0.0372. The van der Waals surface area contributed by atoms with Crippen LogP contribution in [0.15, 0.2) is 30.3 Å². The molecule has 0 aliphatic heterocycles. The maximum Gasteiger partial charge on any atom is 0.410 e. The van der Waals surface area contributed by atoms with Crippen molar-refractivity contribution in [1.29, 1.82) is 0 Å². The zero-order valence-electron chi connectivity index (χ0n) is 23.1. The molecule has 0 spiro atoms. The molecular formula is C27H43N3O6. The Labute approximate surface area is 215 Å². The van der Waals surface area contributed by atoms with Gasteiger partial charge in [0.2, 0.25) is 11.8 Å². The second kappa shape index (κ2) is 13.8. The number of hydrogen-bond donors (Lipinski definition) is 2. The summed E-state index contributed by atoms with van der Waals surface area (Å²) >= 11 is 0. The van der Waals surface area contributed by atoms with E-state index >= 15 is 0 Å². The van der Waals surface area contributed by atoms with Gasteiger partial charge in [-0.3, -0.25) is 14.5 Å². The van der Waals surface area contributed by atoms with Crippen LogP contribution in [0.4, 0.5) is 4.79 Å². The fourth-order valence-corrected chi connectivity index (χ4v) is 3.79. The summed E-state index contributed by atoms with van der Waals surface area (Å²) < 4.78 is 10.3. The average Bonchev–Trinajstić information content (AvgIpc) is 2.76. The highest BCUT2D eigenvalue weighted by atomic mass is 16.6. The molecular weight excluding hydrogens is 462 g/mol. The lowest BCUT2D eigenvalue weighted by atomic mass is 9.98. The first-order valence-electron chi connectivity index (χ1n) is 12.3. The summed E-state index contributed by atoms with van der Waals surface area (Å²) in [6, 6.07) is 6.59. The average molecular weight is 506 g/mol. The fraction of sp³-hybridized carbons (Fsp3) is 0.630. The monoisotopic (exact) mass is 505 g/mol. The van der Waals surface area contributed by atoms with Gasteiger partial charge >= 0.3 is 12.1 Å². The van der Waals surface area contributed by atoms with Gasteiger partial charge in [-0.1, -0.05) is 58.0 Å². The van der Waals surface area contributed by atoms with Crippen molar-refractivity contribution in [1.82, 2.24) is 15.5 Å². The Bertz CT molecular complexity index is 879. The van der Waals surface area contributed by atoms with Crippen LogP contribution in [-0.2, 0) is 30.3 Å². The van der Waals surface area contributed by atoms with Gasteiger partial charge in [0.05, 0.1) is 7.11 Å². The van der Waals surface area contributed by atoms with E-state index in [1.54, 1.807) is 20.8 Å². The molecule has 0 aliphatic carbocycles. The molecule has 0 unspecified atom stereocenters. The van der Waals surface area contributed by atoms with Crippen LogP contribution in [0.3, 0.4) is 0 Å². The summed E-state index contributed by atoms with van der Waals surface area (Å²) in [7, 11) is 2.77. The maximum atomic E-state index is 13.3. The van der Waals surface area contributed by atoms with Crippen LogP contribution >= 0.6 is 0 Å². The van der Waals surface area contributed by atoms with E-state index in [0.29, 0.717) is 6.42 Å². The van der Waals surface area contributed by atoms with Crippen molar-refractivity contribution in [3.63, 3.8) is 0 Å². The molecule has 3 atom stereocenters. The third-order valence-corrected chi connectivity index (χ3v) is 5.42. The van der Waals surface area contributed by atoms with Gasteiger partial charge in [-0.2, -0.15) is 0 Å². The number of methoxy groups -OCH3 is 1. The molecule has 0 aromatic heterocycles. The zero-order chi connectivity index (χ0) is 27.6. The van der Waals surface area contributed by atoms with E-state index in [0.717, 1.165) is 5.56 Å². The van der Waals surface area contributed by atoms with Gasteiger partial charge in [-0.25, -0.2) is 9.59 Å². The normalized spacial score (nSPS) is 14.0. The molecule has 0 saturated heterocycles. The van der Waals surface area contributed by atoms with E-state index in [1.807, 2.05) is 58.0 Å². The van der Waals surface area contributed by atoms with Crippen molar-refractivity contribution in [2.45, 2.75) is 85.0 Å². The molecule has 0 saturated carbocycles. The van der Waals surface area contributed by atoms with Crippen molar-refractivity contribution in [3.8, 4) is 0 Å². The van der Waals surface area contributed by atoms with E-state index in [1.165, 1.54) is 19.1 Å². The fourth-order valence-electron chi connectivity index (χ4n) is 3.79. The minimum absolute atomic E-state index is 0.0767. The van der Waals surface area contributed by atoms with Crippen LogP contribution < -0.4 is 10.6 Å². The molecule has 0 heterocycles. The Morgan fingerprint density at radius 3 is 1.94 bits per heavy atom. The Hall–Kier alpha value is -3.10. The van der Waals surface area contributed by atoms with Gasteiger partial charge in [0.25, 0.3) is 0 Å². The van der Waals surface area contributed by atoms with Crippen molar-refractivity contribution >= 4 is 23.9 Å². The van der Waals surface area contributed by atoms with Crippen LogP contribution in [0.25, 0.3) is 0 Å². The predicted octanol–water partition coefficient (Wildman–Crippen LogP) is 3.31. The summed E-state index contributed by atoms with van der Waals surface area (Å²) in [4.78, 5) is 52.9. The number of esters is 1. The summed E-state index contributed by atoms with van der Waals surface area (Å²) in [5.74, 6) is -1.71. The molecule has 1 aromatic rings. The molecule has 3 amide bonds. The second-order valence-electron chi connectivity index (χ2n) is 10.7. The number of hydrogen-bond acceptors (Lipinski definition) is 6. The van der Waals surface area contributed by atoms with Crippen molar-refractivity contribution in [2.75, 3.05) is 14.2 Å². The molecule has 0 radical (unpaired) electrons. The highest BCUT2D eigenvalue weighted by Gasteiger charge is 2.35. The molecule has 9 nitrogen and oxygen atoms in total. The van der Waals surface area contributed by atoms with E-state index in [4.69, 9.17) is 9.47 Å². The van der Waals surface area contributed by atoms with Gasteiger partial charge in [0.15, 0.2) is 0 Å². The summed E-state index contributed by atoms with van der Waals surface area (Å²) in [5.41, 5.74) is 0.141. The number of nitrogens with zero attached hydrogens (tertiary/aromatic N) is 1. The van der Waals surface area contributed by atoms with Crippen molar-refractivity contribution in [2.24, 2.45) is 11.8 Å². The Balaban J connectivity index is 3.09. The van der Waals surface area contributed by atoms with Crippen LogP contribution in [0.5, 0.6) is 0 Å². The molecule has 9 heteroatoms. The SMILES string of the molecule is COC(=O)[C@H](Cc1ccccc1)NC(=O)[C@H](CC(C)C)NC(=O)[C@@H](C(C)C)N(C)C(=O)OC(C)(C)C. The van der Waals surface area contributed by atoms with Crippen LogP contribution in [-0.4, -0.2) is 66.7 Å². The van der Waals surface area contributed by atoms with Crippen molar-refractivity contribution in [3.05, 3.63) is 35.9 Å². The summed E-state index contributed by atoms with van der Waals surface area (Å²) in [5, 5.41) is 5.55. The van der Waals surface area contributed by atoms with E-state index in [-0.39, 0.29) is 18.3 Å². The number of benzene rings is 1. The Morgan fingerprint density at radius 1 is 0.917 bits per heavy atom. The van der Waals surface area contributed by atoms with E-state index < -0.39 is 47.6 Å². The van der Waals surface area contributed by atoms with Crippen LogP contribution in [0.2, 0.25) is 0 Å². The number of amides is 3. The number of likely N-dealkylation sites (N-methyl/N-ethyl adjacent to an activating group) is 1. The predicted molar refractivity (Wildman–Crippen MR) is 138 cm³/mol. The molecule has 1 aromatic carbocycles. The van der Waals surface area contributed by atoms with Crippen LogP contribution in [0.1, 0.15) is 60.5 Å². The highest BCUT2D eigenvalue weighted by molar-refractivity contribution is 5.93. The molecule has 2 N–H and O–H groups in total. The Morgan fingerprint density at radius 2 is 1.47 bits per heavy atom. The Kier molecular flexibility index (Phi) is 11.9. The number of carbonyl (C=O) groups excluding carboxylic acids is 4. The lowest BCUT2D eigenvalue weighted by molar-refractivity contribution is -0.145. The standard InChI is InChI=1S/C27H43N3O6/c1-17(2)15-20(23(31)29-21(25(33)35-9)16-19-13-11-10-12-14-19)28-24(32)22(18(3)4)30(8)26(34)36-27(5,6)7/h10-14,17-18,20-22H,15-16H2,1-9H3,(H,28,32)(H,29,31)/t20-,21-,22+/m0/s1. The number of carbonyl (C=O) groups is 4. The van der Waals surface area contributed by atoms with E-state index in [9.17, 15) is 19.2 Å². The molecule has 202 valence electrons. The number of ether oxygens (including phenoxy) is 2. The minimum atomic E-state index is -0.915. The lowest BCUT2D eigenvalue weighted by Gasteiger charge is -2.33. The molecule has 0 bridgehead atoms.